The number of carboxylic acids is 1. The first-order valence-corrected chi connectivity index (χ1v) is 15.6. The van der Waals surface area contributed by atoms with E-state index in [-0.39, 0.29) is 21.7 Å². The van der Waals surface area contributed by atoms with E-state index < -0.39 is 5.97 Å². The van der Waals surface area contributed by atoms with Gasteiger partial charge in [-0.15, -0.1) is 0 Å². The van der Waals surface area contributed by atoms with Crippen LogP contribution in [0.3, 0.4) is 0 Å². The molecule has 1 aromatic carbocycles. The van der Waals surface area contributed by atoms with Crippen molar-refractivity contribution >= 4 is 17.4 Å². The molecule has 2 N–H and O–H groups in total. The minimum absolute atomic E-state index is 0.0310. The summed E-state index contributed by atoms with van der Waals surface area (Å²) >= 11 is 0. The van der Waals surface area contributed by atoms with Crippen LogP contribution >= 0.6 is 0 Å². The molecule has 0 heterocycles. The van der Waals surface area contributed by atoms with Crippen LogP contribution in [0.2, 0.25) is 0 Å². The van der Waals surface area contributed by atoms with E-state index in [1.807, 2.05) is 19.2 Å². The maximum Gasteiger partial charge on any atom is 0.335 e. The first-order chi connectivity index (χ1) is 18.3. The van der Waals surface area contributed by atoms with E-state index in [0.29, 0.717) is 40.6 Å². The van der Waals surface area contributed by atoms with E-state index >= 15 is 0 Å². The second kappa shape index (κ2) is 8.70. The maximum atomic E-state index is 13.3. The first kappa shape index (κ1) is 27.1. The number of hydrogen-bond donors (Lipinski definition) is 2. The van der Waals surface area contributed by atoms with Crippen molar-refractivity contribution in [3.63, 3.8) is 0 Å². The zero-order valence-electron chi connectivity index (χ0n) is 25.0. The maximum absolute atomic E-state index is 13.3. The van der Waals surface area contributed by atoms with Gasteiger partial charge in [0.15, 0.2) is 0 Å². The Hall–Kier alpha value is -2.10. The molecule has 212 valence electrons. The van der Waals surface area contributed by atoms with Crippen LogP contribution in [0.15, 0.2) is 30.3 Å². The van der Waals surface area contributed by atoms with Gasteiger partial charge in [0.25, 0.3) is 0 Å². The summed E-state index contributed by atoms with van der Waals surface area (Å²) in [7, 11) is 1.84. The van der Waals surface area contributed by atoms with Gasteiger partial charge in [-0.05, 0) is 126 Å². The third kappa shape index (κ3) is 3.42. The van der Waals surface area contributed by atoms with Gasteiger partial charge in [0.2, 0.25) is 5.91 Å². The number of rotatable bonds is 3. The Bertz CT molecular complexity index is 1210. The third-order valence-corrected chi connectivity index (χ3v) is 14.1. The van der Waals surface area contributed by atoms with Crippen LogP contribution in [-0.4, -0.2) is 24.0 Å². The number of carbonyl (C=O) groups excluding carboxylic acids is 1. The van der Waals surface area contributed by atoms with Crippen molar-refractivity contribution in [2.24, 2.45) is 50.7 Å². The van der Waals surface area contributed by atoms with E-state index in [0.717, 1.165) is 19.3 Å². The van der Waals surface area contributed by atoms with Crippen LogP contribution in [0.25, 0.3) is 5.57 Å². The lowest BCUT2D eigenvalue weighted by Gasteiger charge is -2.72. The number of hydrogen-bond acceptors (Lipinski definition) is 2. The van der Waals surface area contributed by atoms with E-state index in [4.69, 9.17) is 0 Å². The standard InChI is InChI=1S/C35H49NO3/c1-31(2)24(22-9-11-23(12-10-22)29(37)38)15-18-32(3)27(31)16-19-34(5)28(32)14-13-25-26-8-7-17-35(26,30(39)36-6)21-20-33(25,34)4/h9-12,15,25-28H,7-8,13-14,16-21H2,1-6H3,(H,36,39)(H,37,38)/t25?,26?,27?,28?,32?,33-,34?,35?/m1/s1. The average molecular weight is 532 g/mol. The zero-order valence-corrected chi connectivity index (χ0v) is 25.0. The van der Waals surface area contributed by atoms with Crippen molar-refractivity contribution in [3.05, 3.63) is 41.5 Å². The molecule has 7 unspecified atom stereocenters. The van der Waals surface area contributed by atoms with Crippen LogP contribution in [0.4, 0.5) is 0 Å². The molecule has 0 bridgehead atoms. The highest BCUT2D eigenvalue weighted by Gasteiger charge is 2.70. The summed E-state index contributed by atoms with van der Waals surface area (Å²) < 4.78 is 0. The van der Waals surface area contributed by atoms with E-state index in [9.17, 15) is 14.7 Å². The summed E-state index contributed by atoms with van der Waals surface area (Å²) in [6.45, 7) is 12.8. The predicted octanol–water partition coefficient (Wildman–Crippen LogP) is 7.98. The van der Waals surface area contributed by atoms with E-state index in [2.05, 4.69) is 46.0 Å². The van der Waals surface area contributed by atoms with Crippen LogP contribution in [0.1, 0.15) is 115 Å². The molecular weight excluding hydrogens is 482 g/mol. The summed E-state index contributed by atoms with van der Waals surface area (Å²) in [5.74, 6) is 1.94. The highest BCUT2D eigenvalue weighted by molar-refractivity contribution is 5.88. The van der Waals surface area contributed by atoms with Crippen LogP contribution in [0, 0.1) is 50.7 Å². The normalized spacial score (nSPS) is 44.2. The molecule has 39 heavy (non-hydrogen) atoms. The number of benzene rings is 1. The van der Waals surface area contributed by atoms with Gasteiger partial charge in [-0.25, -0.2) is 4.79 Å². The Morgan fingerprint density at radius 2 is 1.54 bits per heavy atom. The molecule has 6 rings (SSSR count). The fourth-order valence-electron chi connectivity index (χ4n) is 12.1. The topological polar surface area (TPSA) is 66.4 Å². The average Bonchev–Trinajstić information content (AvgIpc) is 3.34. The highest BCUT2D eigenvalue weighted by Crippen LogP contribution is 2.77. The number of carbonyl (C=O) groups is 2. The smallest absolute Gasteiger partial charge is 0.335 e. The molecule has 5 aliphatic carbocycles. The summed E-state index contributed by atoms with van der Waals surface area (Å²) in [6.07, 6.45) is 14.5. The zero-order chi connectivity index (χ0) is 28.0. The first-order valence-electron chi connectivity index (χ1n) is 15.6. The number of nitrogens with one attached hydrogen (secondary N) is 1. The molecule has 4 nitrogen and oxygen atoms in total. The second-order valence-electron chi connectivity index (χ2n) is 15.3. The van der Waals surface area contributed by atoms with Gasteiger partial charge >= 0.3 is 5.97 Å². The number of allylic oxidation sites excluding steroid dienone is 2. The molecule has 0 radical (unpaired) electrons. The highest BCUT2D eigenvalue weighted by atomic mass is 16.4. The Morgan fingerprint density at radius 1 is 0.821 bits per heavy atom. The number of fused-ring (bicyclic) bond motifs is 7. The lowest BCUT2D eigenvalue weighted by atomic mass is 9.32. The molecule has 1 aromatic rings. The Kier molecular flexibility index (Phi) is 6.04. The van der Waals surface area contributed by atoms with Gasteiger partial charge in [0.05, 0.1) is 11.0 Å². The van der Waals surface area contributed by atoms with Gasteiger partial charge in [-0.2, -0.15) is 0 Å². The van der Waals surface area contributed by atoms with Crippen molar-refractivity contribution in [1.29, 1.82) is 0 Å². The van der Waals surface area contributed by atoms with Crippen molar-refractivity contribution < 1.29 is 14.7 Å². The monoisotopic (exact) mass is 531 g/mol. The SMILES string of the molecule is CNC(=O)C12CCCC1C1CCC3C4(C)CC=C(c5ccc(C(=O)O)cc5)C(C)(C)C4CCC3(C)[C@]1(C)CC2. The van der Waals surface area contributed by atoms with Crippen molar-refractivity contribution in [3.8, 4) is 0 Å². The van der Waals surface area contributed by atoms with E-state index in [1.54, 1.807) is 12.1 Å². The fraction of sp³-hybridized carbons (Fsp3) is 0.714. The lowest BCUT2D eigenvalue weighted by molar-refractivity contribution is -0.222. The fourth-order valence-corrected chi connectivity index (χ4v) is 12.1. The second-order valence-corrected chi connectivity index (χ2v) is 15.3. The quantitative estimate of drug-likeness (QED) is 0.415. The van der Waals surface area contributed by atoms with Crippen molar-refractivity contribution in [1.82, 2.24) is 5.32 Å². The van der Waals surface area contributed by atoms with Gasteiger partial charge < -0.3 is 10.4 Å². The molecule has 0 aromatic heterocycles. The minimum atomic E-state index is -0.866. The molecular formula is C35H49NO3. The molecule has 0 spiro atoms. The van der Waals surface area contributed by atoms with Gasteiger partial charge in [0, 0.05) is 7.05 Å². The predicted molar refractivity (Wildman–Crippen MR) is 156 cm³/mol. The van der Waals surface area contributed by atoms with Crippen LogP contribution in [-0.2, 0) is 4.79 Å². The number of amides is 1. The minimum Gasteiger partial charge on any atom is -0.478 e. The van der Waals surface area contributed by atoms with Gasteiger partial charge in [-0.1, -0.05) is 59.2 Å². The molecule has 1 amide bonds. The summed E-state index contributed by atoms with van der Waals surface area (Å²) in [6, 6.07) is 7.54. The van der Waals surface area contributed by atoms with Gasteiger partial charge in [0.1, 0.15) is 0 Å². The molecule has 4 heteroatoms. The largest absolute Gasteiger partial charge is 0.478 e. The number of carboxylic acid groups (broad SMARTS) is 1. The molecule has 5 aliphatic rings. The molecule has 4 fully saturated rings. The molecule has 8 atom stereocenters. The Balaban J connectivity index is 1.34. The Labute approximate surface area is 235 Å². The summed E-state index contributed by atoms with van der Waals surface area (Å²) in [5, 5.41) is 12.5. The summed E-state index contributed by atoms with van der Waals surface area (Å²) in [4.78, 5) is 24.7. The molecule has 0 aliphatic heterocycles. The van der Waals surface area contributed by atoms with Crippen LogP contribution < -0.4 is 5.32 Å². The Morgan fingerprint density at radius 3 is 2.21 bits per heavy atom. The van der Waals surface area contributed by atoms with Gasteiger partial charge in [-0.3, -0.25) is 4.79 Å². The van der Waals surface area contributed by atoms with Crippen LogP contribution in [0.5, 0.6) is 0 Å². The number of aromatic carboxylic acids is 1. The van der Waals surface area contributed by atoms with E-state index in [1.165, 1.54) is 56.1 Å². The van der Waals surface area contributed by atoms with Crippen molar-refractivity contribution in [2.75, 3.05) is 7.05 Å². The molecule has 4 saturated carbocycles. The molecule has 0 saturated heterocycles. The lowest BCUT2D eigenvalue weighted by Crippen LogP contribution is -2.65. The van der Waals surface area contributed by atoms with Crippen molar-refractivity contribution in [2.45, 2.75) is 98.8 Å². The third-order valence-electron chi connectivity index (χ3n) is 14.1. The summed E-state index contributed by atoms with van der Waals surface area (Å²) in [5.41, 5.74) is 3.67.